The van der Waals surface area contributed by atoms with Crippen molar-refractivity contribution in [3.8, 4) is 0 Å². The summed E-state index contributed by atoms with van der Waals surface area (Å²) in [4.78, 5) is 12.6. The summed E-state index contributed by atoms with van der Waals surface area (Å²) in [7, 11) is 0. The molecular formula is C9H14ClN4O3+. The van der Waals surface area contributed by atoms with Gasteiger partial charge in [-0.3, -0.25) is 14.6 Å². The van der Waals surface area contributed by atoms with Crippen molar-refractivity contribution in [3.05, 3.63) is 5.69 Å². The van der Waals surface area contributed by atoms with Gasteiger partial charge in [-0.25, -0.2) is 0 Å². The van der Waals surface area contributed by atoms with Gasteiger partial charge in [-0.05, 0) is 0 Å². The standard InChI is InChI=1S/C9H13ClN4O3/c1-7(15)11-9-8(6-10)14(12-17-9)13-2-4-16-5-3-13/h2-6H2,1H3/p+1. The average Bonchev–Trinajstić information content (AvgIpc) is 2.72. The van der Waals surface area contributed by atoms with Gasteiger partial charge in [0.15, 0.2) is 0 Å². The molecule has 1 aromatic heterocycles. The monoisotopic (exact) mass is 261 g/mol. The lowest BCUT2D eigenvalue weighted by Crippen LogP contribution is -2.64. The van der Waals surface area contributed by atoms with Crippen molar-refractivity contribution in [1.29, 1.82) is 0 Å². The lowest BCUT2D eigenvalue weighted by molar-refractivity contribution is -0.765. The van der Waals surface area contributed by atoms with Gasteiger partial charge >= 0.3 is 11.6 Å². The number of nitrogens with one attached hydrogen (secondary N) is 1. The number of amides is 1. The number of nitrogens with zero attached hydrogens (tertiary/aromatic N) is 3. The van der Waals surface area contributed by atoms with Gasteiger partial charge in [0.1, 0.15) is 5.88 Å². The molecule has 1 fully saturated rings. The van der Waals surface area contributed by atoms with Crippen LogP contribution in [0.4, 0.5) is 5.88 Å². The van der Waals surface area contributed by atoms with Crippen molar-refractivity contribution in [2.45, 2.75) is 12.8 Å². The predicted octanol–water partition coefficient (Wildman–Crippen LogP) is -0.373. The van der Waals surface area contributed by atoms with E-state index in [1.165, 1.54) is 6.92 Å². The van der Waals surface area contributed by atoms with Crippen molar-refractivity contribution in [1.82, 2.24) is 5.27 Å². The molecule has 0 bridgehead atoms. The quantitative estimate of drug-likeness (QED) is 0.594. The summed E-state index contributed by atoms with van der Waals surface area (Å²) < 4.78 is 10.3. The Kier molecular flexibility index (Phi) is 3.80. The number of morpholine rings is 1. The zero-order chi connectivity index (χ0) is 12.3. The Hall–Kier alpha value is -1.34. The molecule has 1 N–H and O–H groups in total. The first-order valence-corrected chi connectivity index (χ1v) is 5.83. The normalized spacial score (nSPS) is 16.0. The highest BCUT2D eigenvalue weighted by Gasteiger charge is 2.31. The number of halogens is 1. The van der Waals surface area contributed by atoms with Gasteiger partial charge in [0.2, 0.25) is 11.2 Å². The number of carbonyl (C=O) groups is 1. The third-order valence-electron chi connectivity index (χ3n) is 2.38. The smallest absolute Gasteiger partial charge is 0.323 e. The van der Waals surface area contributed by atoms with E-state index in [0.29, 0.717) is 37.9 Å². The highest BCUT2D eigenvalue weighted by Crippen LogP contribution is 2.12. The Morgan fingerprint density at radius 1 is 1.59 bits per heavy atom. The van der Waals surface area contributed by atoms with E-state index in [-0.39, 0.29) is 11.8 Å². The van der Waals surface area contributed by atoms with Crippen molar-refractivity contribution in [3.63, 3.8) is 0 Å². The summed E-state index contributed by atoms with van der Waals surface area (Å²) in [5.74, 6) is 0.275. The second kappa shape index (κ2) is 5.33. The lowest BCUT2D eigenvalue weighted by atomic mass is 10.4. The molecule has 1 aliphatic rings. The molecule has 1 amide bonds. The molecule has 0 unspecified atom stereocenters. The van der Waals surface area contributed by atoms with Crippen molar-refractivity contribution in [2.24, 2.45) is 0 Å². The lowest BCUT2D eigenvalue weighted by Gasteiger charge is -2.19. The molecule has 1 aliphatic heterocycles. The minimum atomic E-state index is -0.221. The number of aromatic nitrogens is 2. The Bertz CT molecular complexity index is 403. The Balaban J connectivity index is 2.21. The molecule has 0 saturated carbocycles. The molecule has 1 saturated heterocycles. The van der Waals surface area contributed by atoms with Gasteiger partial charge in [-0.2, -0.15) is 0 Å². The number of ether oxygens (including phenoxy) is 1. The zero-order valence-corrected chi connectivity index (χ0v) is 10.2. The first kappa shape index (κ1) is 12.1. The summed E-state index contributed by atoms with van der Waals surface area (Å²) in [5.41, 5.74) is 0.628. The van der Waals surface area contributed by atoms with Gasteiger partial charge < -0.3 is 4.74 Å². The van der Waals surface area contributed by atoms with E-state index >= 15 is 0 Å². The third kappa shape index (κ3) is 2.67. The van der Waals surface area contributed by atoms with Crippen LogP contribution in [0.3, 0.4) is 0 Å². The molecule has 94 valence electrons. The molecule has 2 rings (SSSR count). The Morgan fingerprint density at radius 3 is 2.88 bits per heavy atom. The fourth-order valence-corrected chi connectivity index (χ4v) is 1.84. The first-order valence-electron chi connectivity index (χ1n) is 5.30. The van der Waals surface area contributed by atoms with E-state index in [9.17, 15) is 4.79 Å². The summed E-state index contributed by atoms with van der Waals surface area (Å²) in [6, 6.07) is 0. The van der Waals surface area contributed by atoms with Crippen LogP contribution in [0.1, 0.15) is 12.6 Å². The number of carbonyl (C=O) groups excluding carboxylic acids is 1. The van der Waals surface area contributed by atoms with Crippen LogP contribution in [-0.4, -0.2) is 37.5 Å². The largest absolute Gasteiger partial charge is 0.377 e. The van der Waals surface area contributed by atoms with E-state index < -0.39 is 0 Å². The number of rotatable bonds is 3. The van der Waals surface area contributed by atoms with Crippen LogP contribution in [0.25, 0.3) is 0 Å². The minimum Gasteiger partial charge on any atom is -0.377 e. The fraction of sp³-hybridized carbons (Fsp3) is 0.667. The van der Waals surface area contributed by atoms with Crippen molar-refractivity contribution in [2.75, 3.05) is 36.6 Å². The Labute approximate surface area is 103 Å². The van der Waals surface area contributed by atoms with E-state index in [0.717, 1.165) is 0 Å². The predicted molar refractivity (Wildman–Crippen MR) is 59.3 cm³/mol. The Morgan fingerprint density at radius 2 is 2.29 bits per heavy atom. The van der Waals surface area contributed by atoms with Crippen LogP contribution in [0.15, 0.2) is 4.52 Å². The maximum atomic E-state index is 11.0. The summed E-state index contributed by atoms with van der Waals surface area (Å²) in [5, 5.41) is 8.38. The van der Waals surface area contributed by atoms with Crippen molar-refractivity contribution < 1.29 is 18.8 Å². The molecule has 0 spiro atoms. The summed E-state index contributed by atoms with van der Waals surface area (Å²) >= 11 is 5.85. The molecule has 17 heavy (non-hydrogen) atoms. The highest BCUT2D eigenvalue weighted by atomic mass is 35.5. The van der Waals surface area contributed by atoms with Crippen LogP contribution in [0.2, 0.25) is 0 Å². The molecule has 0 aromatic carbocycles. The molecular weight excluding hydrogens is 248 g/mol. The van der Waals surface area contributed by atoms with Crippen LogP contribution < -0.4 is 15.1 Å². The van der Waals surface area contributed by atoms with Gasteiger partial charge in [0.25, 0.3) is 0 Å². The third-order valence-corrected chi connectivity index (χ3v) is 2.64. The summed E-state index contributed by atoms with van der Waals surface area (Å²) in [6.45, 7) is 4.09. The fourth-order valence-electron chi connectivity index (χ4n) is 1.61. The molecule has 0 atom stereocenters. The molecule has 1 aromatic rings. The zero-order valence-electron chi connectivity index (χ0n) is 9.48. The van der Waals surface area contributed by atoms with Crippen LogP contribution >= 0.6 is 11.6 Å². The topological polar surface area (TPSA) is 71.5 Å². The number of hydrogen-bond donors (Lipinski definition) is 1. The maximum absolute atomic E-state index is 11.0. The summed E-state index contributed by atoms with van der Waals surface area (Å²) in [6.07, 6.45) is 0. The van der Waals surface area contributed by atoms with E-state index in [4.69, 9.17) is 20.9 Å². The van der Waals surface area contributed by atoms with Gasteiger partial charge in [-0.1, -0.05) is 0 Å². The van der Waals surface area contributed by atoms with E-state index in [1.54, 1.807) is 4.79 Å². The van der Waals surface area contributed by atoms with Crippen molar-refractivity contribution >= 4 is 23.4 Å². The number of anilines is 1. The van der Waals surface area contributed by atoms with Crippen LogP contribution in [0, 0.1) is 0 Å². The number of alkyl halides is 1. The molecule has 0 radical (unpaired) electrons. The minimum absolute atomic E-state index is 0.205. The van der Waals surface area contributed by atoms with Gasteiger partial charge in [0, 0.05) is 6.92 Å². The second-order valence-electron chi connectivity index (χ2n) is 3.62. The van der Waals surface area contributed by atoms with E-state index in [2.05, 4.69) is 10.6 Å². The van der Waals surface area contributed by atoms with Gasteiger partial charge in [-0.15, -0.1) is 16.6 Å². The average molecular weight is 262 g/mol. The SMILES string of the molecule is CC(=O)Nc1on[n+](N2CCOCC2)c1CCl. The second-order valence-corrected chi connectivity index (χ2v) is 3.89. The first-order chi connectivity index (χ1) is 8.22. The molecule has 8 heteroatoms. The van der Waals surface area contributed by atoms with E-state index in [1.807, 2.05) is 5.01 Å². The maximum Gasteiger partial charge on any atom is 0.323 e. The van der Waals surface area contributed by atoms with Gasteiger partial charge in [0.05, 0.1) is 31.1 Å². The highest BCUT2D eigenvalue weighted by molar-refractivity contribution is 6.17. The molecule has 2 heterocycles. The number of hydrogen-bond acceptors (Lipinski definition) is 5. The van der Waals surface area contributed by atoms with Crippen LogP contribution in [0.5, 0.6) is 0 Å². The molecule has 0 aliphatic carbocycles. The van der Waals surface area contributed by atoms with Crippen LogP contribution in [-0.2, 0) is 15.4 Å². The molecule has 7 nitrogen and oxygen atoms in total.